The van der Waals surface area contributed by atoms with Crippen LogP contribution in [0, 0.1) is 17.0 Å². The lowest BCUT2D eigenvalue weighted by Gasteiger charge is -2.19. The summed E-state index contributed by atoms with van der Waals surface area (Å²) in [6.07, 6.45) is 0. The quantitative estimate of drug-likeness (QED) is 0.891. The lowest BCUT2D eigenvalue weighted by molar-refractivity contribution is 0.0685. The Morgan fingerprint density at radius 3 is 2.30 bits per heavy atom. The average molecular weight is 307 g/mol. The van der Waals surface area contributed by atoms with Gasteiger partial charge in [-0.15, -0.1) is 0 Å². The zero-order valence-corrected chi connectivity index (χ0v) is 12.0. The first kappa shape index (κ1) is 16.5. The molecule has 1 rings (SSSR count). The summed E-state index contributed by atoms with van der Waals surface area (Å²) >= 11 is 0. The number of carbonyl (C=O) groups is 1. The van der Waals surface area contributed by atoms with E-state index in [9.17, 15) is 22.0 Å². The first-order valence-corrected chi connectivity index (χ1v) is 7.15. The van der Waals surface area contributed by atoms with Gasteiger partial charge in [0.15, 0.2) is 5.82 Å². The molecule has 0 fully saturated rings. The highest BCUT2D eigenvalue weighted by Gasteiger charge is 2.27. The number of aromatic carboxylic acids is 1. The second-order valence-electron chi connectivity index (χ2n) is 5.42. The molecule has 0 heterocycles. The predicted molar refractivity (Wildman–Crippen MR) is 68.0 cm³/mol. The van der Waals surface area contributed by atoms with Crippen LogP contribution >= 0.6 is 0 Å². The van der Waals surface area contributed by atoms with Crippen molar-refractivity contribution in [2.75, 3.05) is 6.54 Å². The molecular formula is C12H15F2NO4S. The summed E-state index contributed by atoms with van der Waals surface area (Å²) in [6, 6.07) is 1.31. The zero-order chi connectivity index (χ0) is 15.7. The third-order valence-corrected chi connectivity index (χ3v) is 3.77. The average Bonchev–Trinajstić information content (AvgIpc) is 2.24. The summed E-state index contributed by atoms with van der Waals surface area (Å²) in [4.78, 5) is 9.86. The van der Waals surface area contributed by atoms with Crippen molar-refractivity contribution in [2.24, 2.45) is 5.41 Å². The van der Waals surface area contributed by atoms with Gasteiger partial charge in [-0.1, -0.05) is 20.8 Å². The molecule has 0 spiro atoms. The highest BCUT2D eigenvalue weighted by atomic mass is 32.2. The van der Waals surface area contributed by atoms with Crippen molar-refractivity contribution in [3.8, 4) is 0 Å². The molecule has 0 bridgehead atoms. The van der Waals surface area contributed by atoms with Crippen molar-refractivity contribution >= 4 is 16.0 Å². The topological polar surface area (TPSA) is 83.5 Å². The van der Waals surface area contributed by atoms with Crippen molar-refractivity contribution in [3.63, 3.8) is 0 Å². The first-order valence-electron chi connectivity index (χ1n) is 5.67. The highest BCUT2D eigenvalue weighted by molar-refractivity contribution is 7.89. The highest BCUT2D eigenvalue weighted by Crippen LogP contribution is 2.22. The number of rotatable bonds is 4. The van der Waals surface area contributed by atoms with Crippen LogP contribution in [0.25, 0.3) is 0 Å². The standard InChI is InChI=1S/C12H15F2NO4S/c1-12(2,3)6-15-20(18,19)8-5-4-7(13)9(10(8)14)11(16)17/h4-5,15H,6H2,1-3H3,(H,16,17). The van der Waals surface area contributed by atoms with Gasteiger partial charge in [0.05, 0.1) is 0 Å². The fraction of sp³-hybridized carbons (Fsp3) is 0.417. The molecule has 0 saturated carbocycles. The van der Waals surface area contributed by atoms with Gasteiger partial charge in [0.25, 0.3) is 0 Å². The van der Waals surface area contributed by atoms with Crippen molar-refractivity contribution in [1.82, 2.24) is 4.72 Å². The fourth-order valence-corrected chi connectivity index (χ4v) is 2.69. The summed E-state index contributed by atoms with van der Waals surface area (Å²) in [5.74, 6) is -4.81. The third kappa shape index (κ3) is 3.73. The number of benzene rings is 1. The molecule has 20 heavy (non-hydrogen) atoms. The summed E-state index contributed by atoms with van der Waals surface area (Å²) in [5.41, 5.74) is -1.68. The van der Waals surface area contributed by atoms with Crippen LogP contribution in [0.15, 0.2) is 17.0 Å². The van der Waals surface area contributed by atoms with Gasteiger partial charge in [0.2, 0.25) is 10.0 Å². The van der Waals surface area contributed by atoms with Gasteiger partial charge < -0.3 is 5.11 Å². The monoisotopic (exact) mass is 307 g/mol. The van der Waals surface area contributed by atoms with E-state index in [1.807, 2.05) is 0 Å². The van der Waals surface area contributed by atoms with Gasteiger partial charge in [-0.3, -0.25) is 0 Å². The Morgan fingerprint density at radius 2 is 1.85 bits per heavy atom. The summed E-state index contributed by atoms with van der Waals surface area (Å²) in [7, 11) is -4.25. The zero-order valence-electron chi connectivity index (χ0n) is 11.2. The molecule has 0 aromatic heterocycles. The smallest absolute Gasteiger partial charge is 0.341 e. The number of hydrogen-bond acceptors (Lipinski definition) is 3. The van der Waals surface area contributed by atoms with E-state index >= 15 is 0 Å². The van der Waals surface area contributed by atoms with E-state index in [1.165, 1.54) is 0 Å². The van der Waals surface area contributed by atoms with Crippen molar-refractivity contribution in [3.05, 3.63) is 29.3 Å². The van der Waals surface area contributed by atoms with Gasteiger partial charge in [-0.05, 0) is 17.5 Å². The van der Waals surface area contributed by atoms with E-state index in [0.29, 0.717) is 12.1 Å². The molecule has 0 saturated heterocycles. The van der Waals surface area contributed by atoms with E-state index in [4.69, 9.17) is 5.11 Å². The van der Waals surface area contributed by atoms with Gasteiger partial charge in [0, 0.05) is 6.54 Å². The number of carboxylic acids is 1. The summed E-state index contributed by atoms with van der Waals surface area (Å²) in [6.45, 7) is 5.31. The Bertz CT molecular complexity index is 636. The Morgan fingerprint density at radius 1 is 1.30 bits per heavy atom. The largest absolute Gasteiger partial charge is 0.477 e. The molecule has 8 heteroatoms. The number of halogens is 2. The van der Waals surface area contributed by atoms with Crippen molar-refractivity contribution in [2.45, 2.75) is 25.7 Å². The molecule has 0 aliphatic carbocycles. The molecular weight excluding hydrogens is 292 g/mol. The SMILES string of the molecule is CC(C)(C)CNS(=O)(=O)c1ccc(F)c(C(=O)O)c1F. The second kappa shape index (κ2) is 5.45. The van der Waals surface area contributed by atoms with Crippen LogP contribution in [-0.4, -0.2) is 26.0 Å². The second-order valence-corrected chi connectivity index (χ2v) is 7.16. The molecule has 0 aliphatic rings. The molecule has 112 valence electrons. The van der Waals surface area contributed by atoms with E-state index < -0.39 is 38.1 Å². The minimum atomic E-state index is -4.25. The van der Waals surface area contributed by atoms with Crippen molar-refractivity contribution < 1.29 is 27.1 Å². The van der Waals surface area contributed by atoms with Crippen LogP contribution in [0.5, 0.6) is 0 Å². The van der Waals surface area contributed by atoms with E-state index in [0.717, 1.165) is 0 Å². The molecule has 0 radical (unpaired) electrons. The Hall–Kier alpha value is -1.54. The van der Waals surface area contributed by atoms with Crippen LogP contribution < -0.4 is 4.72 Å². The van der Waals surface area contributed by atoms with Crippen LogP contribution in [0.4, 0.5) is 8.78 Å². The maximum absolute atomic E-state index is 13.9. The summed E-state index contributed by atoms with van der Waals surface area (Å²) < 4.78 is 53.1. The van der Waals surface area contributed by atoms with Gasteiger partial charge >= 0.3 is 5.97 Å². The summed E-state index contributed by atoms with van der Waals surface area (Å²) in [5, 5.41) is 8.70. The lowest BCUT2D eigenvalue weighted by atomic mass is 9.98. The molecule has 5 nitrogen and oxygen atoms in total. The third-order valence-electron chi connectivity index (χ3n) is 2.35. The Balaban J connectivity index is 3.27. The van der Waals surface area contributed by atoms with Crippen LogP contribution in [0.1, 0.15) is 31.1 Å². The van der Waals surface area contributed by atoms with Crippen LogP contribution in [-0.2, 0) is 10.0 Å². The normalized spacial score (nSPS) is 12.4. The predicted octanol–water partition coefficient (Wildman–Crippen LogP) is 1.99. The Labute approximate surface area is 115 Å². The minimum Gasteiger partial charge on any atom is -0.477 e. The first-order chi connectivity index (χ1) is 8.96. The van der Waals surface area contributed by atoms with Gasteiger partial charge in [-0.25, -0.2) is 26.7 Å². The molecule has 0 aliphatic heterocycles. The van der Waals surface area contributed by atoms with E-state index in [1.54, 1.807) is 20.8 Å². The number of sulfonamides is 1. The van der Waals surface area contributed by atoms with Gasteiger partial charge in [0.1, 0.15) is 16.3 Å². The van der Waals surface area contributed by atoms with Gasteiger partial charge in [-0.2, -0.15) is 0 Å². The number of hydrogen-bond donors (Lipinski definition) is 2. The Kier molecular flexibility index (Phi) is 4.50. The molecule has 1 aromatic carbocycles. The van der Waals surface area contributed by atoms with E-state index in [-0.39, 0.29) is 12.0 Å². The van der Waals surface area contributed by atoms with Crippen LogP contribution in [0.2, 0.25) is 0 Å². The maximum Gasteiger partial charge on any atom is 0.341 e. The minimum absolute atomic E-state index is 0.0224. The number of carboxylic acid groups (broad SMARTS) is 1. The maximum atomic E-state index is 13.9. The van der Waals surface area contributed by atoms with Crippen LogP contribution in [0.3, 0.4) is 0 Å². The molecule has 1 aromatic rings. The lowest BCUT2D eigenvalue weighted by Crippen LogP contribution is -2.33. The van der Waals surface area contributed by atoms with E-state index in [2.05, 4.69) is 4.72 Å². The fourth-order valence-electron chi connectivity index (χ4n) is 1.33. The number of nitrogens with one attached hydrogen (secondary N) is 1. The van der Waals surface area contributed by atoms with Crippen molar-refractivity contribution in [1.29, 1.82) is 0 Å². The molecule has 0 unspecified atom stereocenters. The molecule has 2 N–H and O–H groups in total. The molecule has 0 amide bonds. The molecule has 0 atom stereocenters.